The van der Waals surface area contributed by atoms with Gasteiger partial charge in [0.05, 0.1) is 41.4 Å². The van der Waals surface area contributed by atoms with Crippen molar-refractivity contribution < 1.29 is 14.3 Å². The summed E-state index contributed by atoms with van der Waals surface area (Å²) in [7, 11) is 0. The lowest BCUT2D eigenvalue weighted by Crippen LogP contribution is -2.41. The molecule has 0 bridgehead atoms. The minimum Gasteiger partial charge on any atom is -0.368 e. The zero-order valence-electron chi connectivity index (χ0n) is 17.9. The molecule has 0 unspecified atom stereocenters. The summed E-state index contributed by atoms with van der Waals surface area (Å²) in [6, 6.07) is 9.22. The predicted octanol–water partition coefficient (Wildman–Crippen LogP) is 4.83. The van der Waals surface area contributed by atoms with Crippen molar-refractivity contribution in [1.82, 2.24) is 4.90 Å². The van der Waals surface area contributed by atoms with Crippen LogP contribution in [0.3, 0.4) is 0 Å². The van der Waals surface area contributed by atoms with Crippen LogP contribution in [0.2, 0.25) is 0 Å². The Morgan fingerprint density at radius 1 is 1.23 bits per heavy atom. The largest absolute Gasteiger partial charge is 0.368 e. The number of nitrogens with zero attached hydrogens (tertiary/aromatic N) is 2. The average Bonchev–Trinajstić information content (AvgIpc) is 2.99. The molecule has 0 saturated carbocycles. The number of rotatable bonds is 6. The van der Waals surface area contributed by atoms with Crippen LogP contribution in [-0.4, -0.2) is 35.5 Å². The Hall–Kier alpha value is -2.97. The van der Waals surface area contributed by atoms with Gasteiger partial charge in [0.25, 0.3) is 11.8 Å². The second-order valence-electron chi connectivity index (χ2n) is 8.33. The first kappa shape index (κ1) is 21.7. The maximum absolute atomic E-state index is 12.6. The Morgan fingerprint density at radius 3 is 2.43 bits per heavy atom. The Morgan fingerprint density at radius 2 is 1.87 bits per heavy atom. The van der Waals surface area contributed by atoms with Crippen LogP contribution in [-0.2, 0) is 4.74 Å². The molecular weight excluding hydrogens is 376 g/mol. The number of hydrogen-bond acceptors (Lipinski definition) is 4. The fourth-order valence-electron chi connectivity index (χ4n) is 3.95. The van der Waals surface area contributed by atoms with Crippen LogP contribution in [0.4, 0.5) is 0 Å². The molecule has 2 aliphatic rings. The van der Waals surface area contributed by atoms with Crippen molar-refractivity contribution in [3.05, 3.63) is 71.3 Å². The molecule has 156 valence electrons. The first-order chi connectivity index (χ1) is 14.3. The van der Waals surface area contributed by atoms with Gasteiger partial charge in [-0.05, 0) is 63.3 Å². The van der Waals surface area contributed by atoms with Crippen molar-refractivity contribution in [3.63, 3.8) is 0 Å². The number of carbonyl (C=O) groups is 2. The van der Waals surface area contributed by atoms with Crippen molar-refractivity contribution in [2.45, 2.75) is 52.2 Å². The van der Waals surface area contributed by atoms with E-state index in [-0.39, 0.29) is 30.6 Å². The summed E-state index contributed by atoms with van der Waals surface area (Å²) in [6.07, 6.45) is 7.94. The van der Waals surface area contributed by atoms with Crippen molar-refractivity contribution in [3.8, 4) is 6.07 Å². The van der Waals surface area contributed by atoms with Crippen LogP contribution in [0.5, 0.6) is 0 Å². The molecule has 2 amide bonds. The number of amides is 2. The van der Waals surface area contributed by atoms with Crippen molar-refractivity contribution >= 4 is 11.8 Å². The minimum absolute atomic E-state index is 0.168. The highest BCUT2D eigenvalue weighted by atomic mass is 16.5. The molecule has 1 aromatic carbocycles. The molecular formula is C25H28N2O3. The highest BCUT2D eigenvalue weighted by Gasteiger charge is 2.37. The van der Waals surface area contributed by atoms with Gasteiger partial charge in [0, 0.05) is 0 Å². The van der Waals surface area contributed by atoms with Gasteiger partial charge >= 0.3 is 0 Å². The number of nitriles is 1. The number of fused-ring (bicyclic) bond motifs is 1. The summed E-state index contributed by atoms with van der Waals surface area (Å²) in [5.74, 6) is -0.506. The van der Waals surface area contributed by atoms with E-state index >= 15 is 0 Å². The second kappa shape index (κ2) is 8.81. The molecule has 3 rings (SSSR count). The SMILES string of the molecule is C=C(/C=C\C(=C/C)C(C)(C)C#N)[C@H]1CCC[C@@H](CN2C(=O)c3ccccc3C2=O)O1. The Bertz CT molecular complexity index is 930. The molecule has 0 N–H and O–H groups in total. The number of allylic oxidation sites excluding steroid dienone is 3. The quantitative estimate of drug-likeness (QED) is 0.503. The van der Waals surface area contributed by atoms with Gasteiger partial charge in [0.15, 0.2) is 0 Å². The van der Waals surface area contributed by atoms with E-state index in [9.17, 15) is 14.9 Å². The first-order valence-corrected chi connectivity index (χ1v) is 10.3. The van der Waals surface area contributed by atoms with E-state index < -0.39 is 5.41 Å². The van der Waals surface area contributed by atoms with E-state index in [1.807, 2.05) is 39.0 Å². The highest BCUT2D eigenvalue weighted by molar-refractivity contribution is 6.21. The number of ether oxygens (including phenoxy) is 1. The van der Waals surface area contributed by atoms with Gasteiger partial charge in [-0.3, -0.25) is 14.5 Å². The zero-order valence-corrected chi connectivity index (χ0v) is 17.9. The van der Waals surface area contributed by atoms with E-state index in [2.05, 4.69) is 12.6 Å². The fraction of sp³-hybridized carbons (Fsp3) is 0.400. The van der Waals surface area contributed by atoms with Gasteiger partial charge in [-0.1, -0.05) is 36.9 Å². The third kappa shape index (κ3) is 4.29. The van der Waals surface area contributed by atoms with Gasteiger partial charge in [0.1, 0.15) is 0 Å². The monoisotopic (exact) mass is 404 g/mol. The van der Waals surface area contributed by atoms with Crippen LogP contribution >= 0.6 is 0 Å². The molecule has 5 heteroatoms. The molecule has 2 heterocycles. The normalized spacial score (nSPS) is 22.3. The summed E-state index contributed by atoms with van der Waals surface area (Å²) in [5.41, 5.74) is 2.09. The molecule has 1 fully saturated rings. The first-order valence-electron chi connectivity index (χ1n) is 10.3. The molecule has 1 aromatic rings. The molecule has 0 radical (unpaired) electrons. The zero-order chi connectivity index (χ0) is 21.9. The lowest BCUT2D eigenvalue weighted by molar-refractivity contribution is -0.0384. The molecule has 0 spiro atoms. The summed E-state index contributed by atoms with van der Waals surface area (Å²) < 4.78 is 6.20. The standard InChI is InChI=1S/C25H28N2O3/c1-5-18(25(3,4)16-26)14-13-17(2)22-12-8-9-19(30-22)15-27-23(28)20-10-6-7-11-21(20)24(27)29/h5-7,10-11,13-14,19,22H,2,8-9,12,15H2,1,3-4H3/b14-13-,18-5+/t19-,22+/m0/s1. The summed E-state index contributed by atoms with van der Waals surface area (Å²) >= 11 is 0. The lowest BCUT2D eigenvalue weighted by atomic mass is 9.85. The van der Waals surface area contributed by atoms with E-state index in [0.29, 0.717) is 11.1 Å². The molecule has 1 saturated heterocycles. The topological polar surface area (TPSA) is 70.4 Å². The highest BCUT2D eigenvalue weighted by Crippen LogP contribution is 2.30. The number of benzene rings is 1. The van der Waals surface area contributed by atoms with Gasteiger partial charge in [-0.15, -0.1) is 0 Å². The van der Waals surface area contributed by atoms with Crippen LogP contribution in [0.1, 0.15) is 60.7 Å². The summed E-state index contributed by atoms with van der Waals surface area (Å²) in [6.45, 7) is 10.1. The van der Waals surface area contributed by atoms with Crippen molar-refractivity contribution in [2.24, 2.45) is 5.41 Å². The maximum Gasteiger partial charge on any atom is 0.261 e. The third-order valence-electron chi connectivity index (χ3n) is 5.82. The predicted molar refractivity (Wildman–Crippen MR) is 116 cm³/mol. The van der Waals surface area contributed by atoms with Crippen molar-refractivity contribution in [2.75, 3.05) is 6.54 Å². The minimum atomic E-state index is -0.576. The van der Waals surface area contributed by atoms with Crippen LogP contribution in [0.15, 0.2) is 60.2 Å². The van der Waals surface area contributed by atoms with Gasteiger partial charge in [-0.2, -0.15) is 5.26 Å². The Labute approximate surface area is 178 Å². The van der Waals surface area contributed by atoms with Crippen LogP contribution < -0.4 is 0 Å². The number of imide groups is 1. The maximum atomic E-state index is 12.6. The number of carbonyl (C=O) groups excluding carboxylic acids is 2. The lowest BCUT2D eigenvalue weighted by Gasteiger charge is -2.32. The molecule has 0 aliphatic carbocycles. The average molecular weight is 405 g/mol. The van der Waals surface area contributed by atoms with E-state index in [0.717, 1.165) is 30.4 Å². The third-order valence-corrected chi connectivity index (χ3v) is 5.82. The smallest absolute Gasteiger partial charge is 0.261 e. The van der Waals surface area contributed by atoms with Crippen molar-refractivity contribution in [1.29, 1.82) is 5.26 Å². The number of hydrogen-bond donors (Lipinski definition) is 0. The van der Waals surface area contributed by atoms with Gasteiger partial charge in [-0.25, -0.2) is 0 Å². The Kier molecular flexibility index (Phi) is 6.38. The molecule has 30 heavy (non-hydrogen) atoms. The van der Waals surface area contributed by atoms with Gasteiger partial charge in [0.2, 0.25) is 0 Å². The van der Waals surface area contributed by atoms with E-state index in [1.165, 1.54) is 4.90 Å². The van der Waals surface area contributed by atoms with E-state index in [4.69, 9.17) is 4.74 Å². The van der Waals surface area contributed by atoms with Crippen LogP contribution in [0, 0.1) is 16.7 Å². The van der Waals surface area contributed by atoms with E-state index in [1.54, 1.807) is 24.3 Å². The molecule has 0 aromatic heterocycles. The molecule has 2 aliphatic heterocycles. The Balaban J connectivity index is 1.64. The van der Waals surface area contributed by atoms with Crippen LogP contribution in [0.25, 0.3) is 0 Å². The summed E-state index contributed by atoms with van der Waals surface area (Å²) in [5, 5.41) is 9.36. The summed E-state index contributed by atoms with van der Waals surface area (Å²) in [4.78, 5) is 26.5. The fourth-order valence-corrected chi connectivity index (χ4v) is 3.95. The molecule has 2 atom stereocenters. The second-order valence-corrected chi connectivity index (χ2v) is 8.33. The van der Waals surface area contributed by atoms with Gasteiger partial charge < -0.3 is 4.74 Å². The molecule has 5 nitrogen and oxygen atoms in total.